The van der Waals surface area contributed by atoms with Gasteiger partial charge in [0.15, 0.2) is 0 Å². The standard InChI is InChI=1S/C17H22N2O2/c1-14(2)18-13-15-6-5-7-16(12-15)21-11-10-19-9-4-3-8-17(19)20/h3-9,12,14,18H,10-11,13H2,1-2H3. The first-order valence-corrected chi connectivity index (χ1v) is 7.26. The SMILES string of the molecule is CC(C)NCc1cccc(OCCn2ccccc2=O)c1. The quantitative estimate of drug-likeness (QED) is 0.850. The van der Waals surface area contributed by atoms with Crippen molar-refractivity contribution in [1.82, 2.24) is 9.88 Å². The number of ether oxygens (including phenoxy) is 1. The Morgan fingerprint density at radius 2 is 2.05 bits per heavy atom. The van der Waals surface area contributed by atoms with Gasteiger partial charge in [-0.15, -0.1) is 0 Å². The van der Waals surface area contributed by atoms with Crippen molar-refractivity contribution in [3.63, 3.8) is 0 Å². The maximum atomic E-state index is 11.6. The van der Waals surface area contributed by atoms with Gasteiger partial charge in [0, 0.05) is 24.8 Å². The Morgan fingerprint density at radius 1 is 1.19 bits per heavy atom. The normalized spacial score (nSPS) is 10.8. The molecule has 112 valence electrons. The van der Waals surface area contributed by atoms with Crippen molar-refractivity contribution in [2.45, 2.75) is 33.0 Å². The minimum atomic E-state index is -0.00372. The highest BCUT2D eigenvalue weighted by Crippen LogP contribution is 2.13. The van der Waals surface area contributed by atoms with Gasteiger partial charge in [-0.25, -0.2) is 0 Å². The highest BCUT2D eigenvalue weighted by molar-refractivity contribution is 5.28. The molecular formula is C17H22N2O2. The first-order chi connectivity index (χ1) is 10.1. The zero-order valence-electron chi connectivity index (χ0n) is 12.6. The lowest BCUT2D eigenvalue weighted by molar-refractivity contribution is 0.296. The highest BCUT2D eigenvalue weighted by Gasteiger charge is 1.99. The monoisotopic (exact) mass is 286 g/mol. The number of nitrogens with zero attached hydrogens (tertiary/aromatic N) is 1. The maximum absolute atomic E-state index is 11.6. The molecule has 0 radical (unpaired) electrons. The van der Waals surface area contributed by atoms with Crippen LogP contribution in [0.4, 0.5) is 0 Å². The van der Waals surface area contributed by atoms with Crippen molar-refractivity contribution in [3.05, 3.63) is 64.6 Å². The van der Waals surface area contributed by atoms with E-state index in [0.717, 1.165) is 12.3 Å². The minimum absolute atomic E-state index is 0.00372. The summed E-state index contributed by atoms with van der Waals surface area (Å²) >= 11 is 0. The first kappa shape index (κ1) is 15.3. The summed E-state index contributed by atoms with van der Waals surface area (Å²) in [5, 5.41) is 3.38. The van der Waals surface area contributed by atoms with Crippen molar-refractivity contribution in [2.24, 2.45) is 0 Å². The van der Waals surface area contributed by atoms with Crippen molar-refractivity contribution >= 4 is 0 Å². The van der Waals surface area contributed by atoms with Gasteiger partial charge in [0.05, 0.1) is 6.54 Å². The van der Waals surface area contributed by atoms with Crippen LogP contribution >= 0.6 is 0 Å². The number of nitrogens with one attached hydrogen (secondary N) is 1. The summed E-state index contributed by atoms with van der Waals surface area (Å²) in [6.07, 6.45) is 1.77. The Kier molecular flexibility index (Phi) is 5.58. The lowest BCUT2D eigenvalue weighted by Gasteiger charge is -2.11. The second kappa shape index (κ2) is 7.64. The molecule has 21 heavy (non-hydrogen) atoms. The number of aromatic nitrogens is 1. The number of benzene rings is 1. The van der Waals surface area contributed by atoms with Crippen LogP contribution < -0.4 is 15.6 Å². The van der Waals surface area contributed by atoms with Crippen LogP contribution in [0.3, 0.4) is 0 Å². The minimum Gasteiger partial charge on any atom is -0.492 e. The molecule has 4 heteroatoms. The Hall–Kier alpha value is -2.07. The Balaban J connectivity index is 1.87. The van der Waals surface area contributed by atoms with Gasteiger partial charge in [0.2, 0.25) is 0 Å². The van der Waals surface area contributed by atoms with E-state index >= 15 is 0 Å². The van der Waals surface area contributed by atoms with Gasteiger partial charge in [-0.3, -0.25) is 4.79 Å². The second-order valence-corrected chi connectivity index (χ2v) is 5.26. The summed E-state index contributed by atoms with van der Waals surface area (Å²) in [6, 6.07) is 13.6. The molecule has 1 heterocycles. The van der Waals surface area contributed by atoms with Crippen molar-refractivity contribution in [2.75, 3.05) is 6.61 Å². The van der Waals surface area contributed by atoms with Crippen LogP contribution in [0, 0.1) is 0 Å². The fourth-order valence-electron chi connectivity index (χ4n) is 1.97. The molecule has 0 aliphatic heterocycles. The van der Waals surface area contributed by atoms with Crippen molar-refractivity contribution in [1.29, 1.82) is 0 Å². The number of pyridine rings is 1. The lowest BCUT2D eigenvalue weighted by atomic mass is 10.2. The molecule has 4 nitrogen and oxygen atoms in total. The zero-order chi connectivity index (χ0) is 15.1. The van der Waals surface area contributed by atoms with Crippen LogP contribution in [0.15, 0.2) is 53.5 Å². The van der Waals surface area contributed by atoms with Crippen LogP contribution in [-0.2, 0) is 13.1 Å². The van der Waals surface area contributed by atoms with Gasteiger partial charge in [0.25, 0.3) is 5.56 Å². The van der Waals surface area contributed by atoms with Gasteiger partial charge in [-0.05, 0) is 23.8 Å². The van der Waals surface area contributed by atoms with Crippen LogP contribution in [-0.4, -0.2) is 17.2 Å². The fraction of sp³-hybridized carbons (Fsp3) is 0.353. The zero-order valence-corrected chi connectivity index (χ0v) is 12.6. The van der Waals surface area contributed by atoms with Crippen LogP contribution in [0.5, 0.6) is 5.75 Å². The van der Waals surface area contributed by atoms with E-state index < -0.39 is 0 Å². The Morgan fingerprint density at radius 3 is 2.81 bits per heavy atom. The smallest absolute Gasteiger partial charge is 0.250 e. The molecule has 0 aliphatic carbocycles. The van der Waals surface area contributed by atoms with Gasteiger partial charge < -0.3 is 14.6 Å². The molecule has 0 saturated heterocycles. The average molecular weight is 286 g/mol. The molecule has 1 N–H and O–H groups in total. The fourth-order valence-corrected chi connectivity index (χ4v) is 1.97. The predicted molar refractivity (Wildman–Crippen MR) is 84.6 cm³/mol. The van der Waals surface area contributed by atoms with E-state index in [9.17, 15) is 4.79 Å². The number of hydrogen-bond acceptors (Lipinski definition) is 3. The summed E-state index contributed by atoms with van der Waals surface area (Å²) in [7, 11) is 0. The molecule has 2 aromatic rings. The van der Waals surface area contributed by atoms with Crippen LogP contribution in [0.25, 0.3) is 0 Å². The molecule has 0 aliphatic rings. The topological polar surface area (TPSA) is 43.3 Å². The van der Waals surface area contributed by atoms with E-state index in [4.69, 9.17) is 4.74 Å². The summed E-state index contributed by atoms with van der Waals surface area (Å²) in [6.45, 7) is 6.10. The van der Waals surface area contributed by atoms with Crippen molar-refractivity contribution in [3.8, 4) is 5.75 Å². The van der Waals surface area contributed by atoms with E-state index in [1.807, 2.05) is 24.3 Å². The summed E-state index contributed by atoms with van der Waals surface area (Å²) in [5.41, 5.74) is 1.19. The van der Waals surface area contributed by atoms with E-state index in [2.05, 4.69) is 25.2 Å². The summed E-state index contributed by atoms with van der Waals surface area (Å²) < 4.78 is 7.37. The summed E-state index contributed by atoms with van der Waals surface area (Å²) in [5.74, 6) is 0.835. The molecular weight excluding hydrogens is 264 g/mol. The maximum Gasteiger partial charge on any atom is 0.250 e. The molecule has 0 spiro atoms. The average Bonchev–Trinajstić information content (AvgIpc) is 2.48. The summed E-state index contributed by atoms with van der Waals surface area (Å²) in [4.78, 5) is 11.6. The van der Waals surface area contributed by atoms with E-state index in [0.29, 0.717) is 19.2 Å². The van der Waals surface area contributed by atoms with Crippen LogP contribution in [0.2, 0.25) is 0 Å². The van der Waals surface area contributed by atoms with Gasteiger partial charge in [0.1, 0.15) is 12.4 Å². The van der Waals surface area contributed by atoms with E-state index in [-0.39, 0.29) is 5.56 Å². The van der Waals surface area contributed by atoms with Crippen LogP contribution in [0.1, 0.15) is 19.4 Å². The molecule has 1 aromatic carbocycles. The molecule has 0 amide bonds. The number of rotatable bonds is 7. The molecule has 0 saturated carbocycles. The molecule has 0 unspecified atom stereocenters. The van der Waals surface area contributed by atoms with Gasteiger partial charge >= 0.3 is 0 Å². The third-order valence-electron chi connectivity index (χ3n) is 3.11. The molecule has 1 aromatic heterocycles. The third kappa shape index (κ3) is 5.08. The van der Waals surface area contributed by atoms with E-state index in [1.165, 1.54) is 5.56 Å². The molecule has 0 atom stereocenters. The second-order valence-electron chi connectivity index (χ2n) is 5.26. The Labute approximate surface area is 125 Å². The molecule has 0 bridgehead atoms. The molecule has 0 fully saturated rings. The van der Waals surface area contributed by atoms with E-state index in [1.54, 1.807) is 22.9 Å². The third-order valence-corrected chi connectivity index (χ3v) is 3.11. The lowest BCUT2D eigenvalue weighted by Crippen LogP contribution is -2.22. The highest BCUT2D eigenvalue weighted by atomic mass is 16.5. The predicted octanol–water partition coefficient (Wildman–Crippen LogP) is 2.43. The Bertz CT molecular complexity index is 620. The molecule has 2 rings (SSSR count). The largest absolute Gasteiger partial charge is 0.492 e. The number of hydrogen-bond donors (Lipinski definition) is 1. The van der Waals surface area contributed by atoms with Gasteiger partial charge in [-0.2, -0.15) is 0 Å². The van der Waals surface area contributed by atoms with Crippen molar-refractivity contribution < 1.29 is 4.74 Å². The van der Waals surface area contributed by atoms with Gasteiger partial charge in [-0.1, -0.05) is 32.0 Å². The first-order valence-electron chi connectivity index (χ1n) is 7.26.